The molecule has 2 aliphatic rings. The van der Waals surface area contributed by atoms with Crippen molar-refractivity contribution in [2.75, 3.05) is 51.3 Å². The third kappa shape index (κ3) is 5.46. The number of hydrogen-bond acceptors (Lipinski definition) is 3. The molecule has 4 rings (SSSR count). The Hall–Kier alpha value is -1.80. The zero-order valence-electron chi connectivity index (χ0n) is 18.0. The monoisotopic (exact) mass is 520 g/mol. The van der Waals surface area contributed by atoms with Gasteiger partial charge in [-0.2, -0.15) is 0 Å². The molecular formula is C24H33IN4O. The number of guanidine groups is 1. The van der Waals surface area contributed by atoms with Crippen LogP contribution in [-0.4, -0.2) is 57.2 Å². The maximum Gasteiger partial charge on any atom is 0.193 e. The van der Waals surface area contributed by atoms with Crippen LogP contribution in [0.3, 0.4) is 0 Å². The van der Waals surface area contributed by atoms with E-state index >= 15 is 0 Å². The number of halogens is 1. The summed E-state index contributed by atoms with van der Waals surface area (Å²) in [7, 11) is 1.88. The first kappa shape index (κ1) is 22.9. The lowest BCUT2D eigenvalue weighted by atomic mass is 10.0. The fourth-order valence-corrected chi connectivity index (χ4v) is 4.42. The largest absolute Gasteiger partial charge is 0.371 e. The molecule has 0 saturated carbocycles. The minimum absolute atomic E-state index is 0. The topological polar surface area (TPSA) is 40.1 Å². The number of benzene rings is 2. The number of anilines is 1. The van der Waals surface area contributed by atoms with Gasteiger partial charge in [0.05, 0.1) is 13.2 Å². The summed E-state index contributed by atoms with van der Waals surface area (Å²) in [6.07, 6.45) is 1.32. The standard InChI is InChI=1S/C24H32N4O.HI/c1-19-8-6-7-11-22(19)23-18-28(14-15-29-23)24(25-2)26-16-20-12-13-27(17-20)21-9-4-3-5-10-21;/h3-11,20,23H,12-18H2,1-2H3,(H,25,26);1H. The van der Waals surface area contributed by atoms with Crippen LogP contribution in [0, 0.1) is 12.8 Å². The van der Waals surface area contributed by atoms with E-state index in [1.807, 2.05) is 7.05 Å². The molecular weight excluding hydrogens is 487 g/mol. The highest BCUT2D eigenvalue weighted by atomic mass is 127. The van der Waals surface area contributed by atoms with E-state index in [1.54, 1.807) is 0 Å². The number of hydrogen-bond donors (Lipinski definition) is 1. The van der Waals surface area contributed by atoms with E-state index < -0.39 is 0 Å². The van der Waals surface area contributed by atoms with E-state index in [0.717, 1.165) is 45.3 Å². The molecule has 6 heteroatoms. The molecule has 0 radical (unpaired) electrons. The minimum Gasteiger partial charge on any atom is -0.371 e. The van der Waals surface area contributed by atoms with Gasteiger partial charge >= 0.3 is 0 Å². The Morgan fingerprint density at radius 2 is 1.83 bits per heavy atom. The van der Waals surface area contributed by atoms with E-state index in [9.17, 15) is 0 Å². The van der Waals surface area contributed by atoms with E-state index in [4.69, 9.17) is 4.74 Å². The summed E-state index contributed by atoms with van der Waals surface area (Å²) in [5.41, 5.74) is 3.89. The van der Waals surface area contributed by atoms with Crippen molar-refractivity contribution in [3.63, 3.8) is 0 Å². The molecule has 5 nitrogen and oxygen atoms in total. The fraction of sp³-hybridized carbons (Fsp3) is 0.458. The van der Waals surface area contributed by atoms with Crippen LogP contribution in [0.2, 0.25) is 0 Å². The van der Waals surface area contributed by atoms with Gasteiger partial charge in [-0.3, -0.25) is 4.99 Å². The lowest BCUT2D eigenvalue weighted by Gasteiger charge is -2.36. The Balaban J connectivity index is 0.00000256. The van der Waals surface area contributed by atoms with Gasteiger partial charge in [0.1, 0.15) is 6.10 Å². The molecule has 2 aliphatic heterocycles. The molecule has 0 aromatic heterocycles. The second-order valence-corrected chi connectivity index (χ2v) is 8.03. The van der Waals surface area contributed by atoms with Crippen LogP contribution in [-0.2, 0) is 4.74 Å². The quantitative estimate of drug-likeness (QED) is 0.375. The number of aryl methyl sites for hydroxylation is 1. The fourth-order valence-electron chi connectivity index (χ4n) is 4.42. The molecule has 2 unspecified atom stereocenters. The van der Waals surface area contributed by atoms with Crippen LogP contribution < -0.4 is 10.2 Å². The van der Waals surface area contributed by atoms with Gasteiger partial charge < -0.3 is 19.9 Å². The molecule has 2 aromatic rings. The number of ether oxygens (including phenoxy) is 1. The van der Waals surface area contributed by atoms with Gasteiger partial charge in [0, 0.05) is 38.9 Å². The molecule has 1 N–H and O–H groups in total. The summed E-state index contributed by atoms with van der Waals surface area (Å²) in [5, 5.41) is 3.63. The van der Waals surface area contributed by atoms with Crippen molar-refractivity contribution >= 4 is 35.6 Å². The van der Waals surface area contributed by atoms with Gasteiger partial charge in [0.25, 0.3) is 0 Å². The Bertz CT molecular complexity index is 829. The normalized spacial score (nSPS) is 22.0. The lowest BCUT2D eigenvalue weighted by molar-refractivity contribution is -0.00835. The highest BCUT2D eigenvalue weighted by Crippen LogP contribution is 2.26. The third-order valence-corrected chi connectivity index (χ3v) is 6.07. The minimum atomic E-state index is 0. The van der Waals surface area contributed by atoms with Crippen molar-refractivity contribution in [1.82, 2.24) is 10.2 Å². The third-order valence-electron chi connectivity index (χ3n) is 6.07. The van der Waals surface area contributed by atoms with Crippen LogP contribution in [0.1, 0.15) is 23.7 Å². The molecule has 0 aliphatic carbocycles. The Labute approximate surface area is 197 Å². The maximum atomic E-state index is 6.08. The Morgan fingerprint density at radius 3 is 2.60 bits per heavy atom. The number of rotatable bonds is 4. The number of morpholine rings is 1. The Morgan fingerprint density at radius 1 is 1.07 bits per heavy atom. The predicted molar refractivity (Wildman–Crippen MR) is 135 cm³/mol. The second-order valence-electron chi connectivity index (χ2n) is 8.03. The molecule has 2 saturated heterocycles. The molecule has 30 heavy (non-hydrogen) atoms. The van der Waals surface area contributed by atoms with Crippen molar-refractivity contribution < 1.29 is 4.74 Å². The van der Waals surface area contributed by atoms with Gasteiger partial charge in [-0.05, 0) is 42.5 Å². The summed E-state index contributed by atoms with van der Waals surface area (Å²) >= 11 is 0. The smallest absolute Gasteiger partial charge is 0.193 e. The number of para-hydroxylation sites is 1. The summed E-state index contributed by atoms with van der Waals surface area (Å²) in [5.74, 6) is 1.63. The summed E-state index contributed by atoms with van der Waals surface area (Å²) < 4.78 is 6.08. The SMILES string of the molecule is CN=C(NCC1CCN(c2ccccc2)C1)N1CCOC(c2ccccc2C)C1.I. The van der Waals surface area contributed by atoms with Crippen LogP contribution >= 0.6 is 24.0 Å². The van der Waals surface area contributed by atoms with Gasteiger partial charge in [-0.15, -0.1) is 24.0 Å². The molecule has 2 heterocycles. The number of nitrogens with one attached hydrogen (secondary N) is 1. The summed E-state index contributed by atoms with van der Waals surface area (Å²) in [4.78, 5) is 9.38. The van der Waals surface area contributed by atoms with Crippen LogP contribution in [0.25, 0.3) is 0 Å². The Kier molecular flexibility index (Phi) is 8.39. The number of nitrogens with zero attached hydrogens (tertiary/aromatic N) is 3. The first-order valence-electron chi connectivity index (χ1n) is 10.7. The molecule has 162 valence electrons. The highest BCUT2D eigenvalue weighted by molar-refractivity contribution is 14.0. The lowest BCUT2D eigenvalue weighted by Crippen LogP contribution is -2.49. The van der Waals surface area contributed by atoms with Crippen molar-refractivity contribution in [3.8, 4) is 0 Å². The maximum absolute atomic E-state index is 6.08. The van der Waals surface area contributed by atoms with Crippen LogP contribution in [0.5, 0.6) is 0 Å². The average Bonchev–Trinajstić information content (AvgIpc) is 3.24. The van der Waals surface area contributed by atoms with Gasteiger partial charge in [-0.1, -0.05) is 42.5 Å². The average molecular weight is 520 g/mol. The second kappa shape index (κ2) is 11.0. The van der Waals surface area contributed by atoms with Crippen LogP contribution in [0.15, 0.2) is 59.6 Å². The molecule has 0 bridgehead atoms. The van der Waals surface area contributed by atoms with E-state index in [-0.39, 0.29) is 30.1 Å². The first-order chi connectivity index (χ1) is 14.2. The van der Waals surface area contributed by atoms with Crippen molar-refractivity contribution in [3.05, 3.63) is 65.7 Å². The van der Waals surface area contributed by atoms with Crippen molar-refractivity contribution in [2.24, 2.45) is 10.9 Å². The summed E-state index contributed by atoms with van der Waals surface area (Å²) in [6.45, 7) is 7.79. The van der Waals surface area contributed by atoms with Gasteiger partial charge in [-0.25, -0.2) is 0 Å². The first-order valence-corrected chi connectivity index (χ1v) is 10.7. The van der Waals surface area contributed by atoms with E-state index in [1.165, 1.54) is 23.2 Å². The zero-order chi connectivity index (χ0) is 20.1. The molecule has 2 atom stereocenters. The molecule has 2 fully saturated rings. The number of aliphatic imine (C=N–C) groups is 1. The van der Waals surface area contributed by atoms with E-state index in [0.29, 0.717) is 5.92 Å². The highest BCUT2D eigenvalue weighted by Gasteiger charge is 2.27. The predicted octanol–water partition coefficient (Wildman–Crippen LogP) is 4.09. The van der Waals surface area contributed by atoms with Gasteiger partial charge in [0.15, 0.2) is 5.96 Å². The zero-order valence-corrected chi connectivity index (χ0v) is 20.3. The van der Waals surface area contributed by atoms with Crippen LogP contribution in [0.4, 0.5) is 5.69 Å². The van der Waals surface area contributed by atoms with Gasteiger partial charge in [0.2, 0.25) is 0 Å². The molecule has 0 amide bonds. The van der Waals surface area contributed by atoms with Crippen molar-refractivity contribution in [1.29, 1.82) is 0 Å². The summed E-state index contributed by atoms with van der Waals surface area (Å²) in [6, 6.07) is 19.2. The van der Waals surface area contributed by atoms with E-state index in [2.05, 4.69) is 81.6 Å². The molecule has 2 aromatic carbocycles. The van der Waals surface area contributed by atoms with Crippen molar-refractivity contribution in [2.45, 2.75) is 19.4 Å². The molecule has 0 spiro atoms.